The quantitative estimate of drug-likeness (QED) is 0.513. The molecule has 1 rings (SSSR count). The minimum Gasteiger partial charge on any atom is -0.465 e. The molecule has 0 spiro atoms. The Morgan fingerprint density at radius 1 is 1.27 bits per heavy atom. The monoisotopic (exact) mass is 300 g/mol. The molecule has 1 unspecified atom stereocenters. The number of carbonyl (C=O) groups excluding carboxylic acids is 2. The lowest BCUT2D eigenvalue weighted by Crippen LogP contribution is -2.47. The molecule has 0 bridgehead atoms. The number of hydrogen-bond acceptors (Lipinski definition) is 5. The van der Waals surface area contributed by atoms with Crippen LogP contribution < -0.4 is 5.32 Å². The number of nitrogens with zero attached hydrogens (tertiary/aromatic N) is 1. The molecule has 1 N–H and O–H groups in total. The summed E-state index contributed by atoms with van der Waals surface area (Å²) in [5, 5.41) is 12.2. The van der Waals surface area contributed by atoms with Crippen LogP contribution in [-0.2, 0) is 9.53 Å². The molecule has 0 aliphatic rings. The highest BCUT2D eigenvalue weighted by molar-refractivity contribution is 6.19. The van der Waals surface area contributed by atoms with E-state index in [1.54, 1.807) is 24.3 Å². The maximum Gasteiger partial charge on any atom is 0.337 e. The van der Waals surface area contributed by atoms with Gasteiger partial charge in [-0.05, 0) is 26.3 Å². The fourth-order valence-electron chi connectivity index (χ4n) is 1.94. The minimum atomic E-state index is -1.01. The van der Waals surface area contributed by atoms with Gasteiger partial charge in [0.25, 0.3) is 0 Å². The number of nitrogens with one attached hydrogen (secondary N) is 1. The van der Waals surface area contributed by atoms with E-state index in [1.165, 1.54) is 7.11 Å². The second kappa shape index (κ2) is 7.01. The maximum atomic E-state index is 12.6. The summed E-state index contributed by atoms with van der Waals surface area (Å²) in [7, 11) is 1.25. The zero-order valence-corrected chi connectivity index (χ0v) is 13.3. The summed E-state index contributed by atoms with van der Waals surface area (Å²) < 4.78 is 4.64. The first-order valence-electron chi connectivity index (χ1n) is 6.79. The molecule has 0 radical (unpaired) electrons. The van der Waals surface area contributed by atoms with Gasteiger partial charge in [-0.1, -0.05) is 30.8 Å². The molecule has 22 heavy (non-hydrogen) atoms. The summed E-state index contributed by atoms with van der Waals surface area (Å²) in [5.74, 6) is -1.02. The summed E-state index contributed by atoms with van der Waals surface area (Å²) in [6, 6.07) is 7.50. The molecule has 5 heteroatoms. The van der Waals surface area contributed by atoms with Crippen LogP contribution in [0.3, 0.4) is 0 Å². The van der Waals surface area contributed by atoms with Crippen LogP contribution in [0.2, 0.25) is 0 Å². The molecule has 1 aromatic carbocycles. The van der Waals surface area contributed by atoms with Crippen LogP contribution in [0.25, 0.3) is 5.57 Å². The van der Waals surface area contributed by atoms with Gasteiger partial charge in [-0.3, -0.25) is 10.1 Å². The molecule has 0 amide bonds. The van der Waals surface area contributed by atoms with E-state index in [-0.39, 0.29) is 11.1 Å². The zero-order chi connectivity index (χ0) is 16.9. The Balaban J connectivity index is 3.21. The predicted molar refractivity (Wildman–Crippen MR) is 84.1 cm³/mol. The SMILES string of the molecule is C=C(C(=O)OC)c1ccccc1C(=O)C(C#N)NC(C)(C)C. The highest BCUT2D eigenvalue weighted by Gasteiger charge is 2.27. The molecule has 1 atom stereocenters. The number of ether oxygens (including phenoxy) is 1. The molecule has 5 nitrogen and oxygen atoms in total. The summed E-state index contributed by atoms with van der Waals surface area (Å²) in [6.07, 6.45) is 0. The van der Waals surface area contributed by atoms with Crippen molar-refractivity contribution in [2.75, 3.05) is 7.11 Å². The number of methoxy groups -OCH3 is 1. The molecule has 0 heterocycles. The number of hydrogen-bond donors (Lipinski definition) is 1. The second-order valence-corrected chi connectivity index (χ2v) is 5.84. The van der Waals surface area contributed by atoms with Crippen LogP contribution in [0.5, 0.6) is 0 Å². The topological polar surface area (TPSA) is 79.2 Å². The molecule has 1 aromatic rings. The van der Waals surface area contributed by atoms with E-state index < -0.39 is 23.3 Å². The summed E-state index contributed by atoms with van der Waals surface area (Å²) in [6.45, 7) is 9.26. The predicted octanol–water partition coefficient (Wildman–Crippen LogP) is 2.34. The van der Waals surface area contributed by atoms with Gasteiger partial charge in [0.15, 0.2) is 11.8 Å². The summed E-state index contributed by atoms with van der Waals surface area (Å²) >= 11 is 0. The van der Waals surface area contributed by atoms with Crippen molar-refractivity contribution in [3.8, 4) is 6.07 Å². The lowest BCUT2D eigenvalue weighted by Gasteiger charge is -2.24. The van der Waals surface area contributed by atoms with Crippen molar-refractivity contribution in [2.24, 2.45) is 0 Å². The van der Waals surface area contributed by atoms with Crippen LogP contribution in [0.4, 0.5) is 0 Å². The Morgan fingerprint density at radius 2 is 1.82 bits per heavy atom. The molecular formula is C17H20N2O3. The van der Waals surface area contributed by atoms with E-state index in [9.17, 15) is 14.9 Å². The zero-order valence-electron chi connectivity index (χ0n) is 13.3. The Kier molecular flexibility index (Phi) is 5.61. The lowest BCUT2D eigenvalue weighted by atomic mass is 9.94. The number of nitriles is 1. The number of Topliss-reactive ketones (excluding diaryl/α,β-unsaturated/α-hetero) is 1. The molecule has 0 aliphatic heterocycles. The largest absolute Gasteiger partial charge is 0.465 e. The van der Waals surface area contributed by atoms with Crippen molar-refractivity contribution in [3.63, 3.8) is 0 Å². The first kappa shape index (κ1) is 17.6. The first-order valence-corrected chi connectivity index (χ1v) is 6.79. The number of carbonyl (C=O) groups is 2. The van der Waals surface area contributed by atoms with Crippen LogP contribution in [0.15, 0.2) is 30.8 Å². The highest BCUT2D eigenvalue weighted by atomic mass is 16.5. The third-order valence-corrected chi connectivity index (χ3v) is 2.92. The third kappa shape index (κ3) is 4.27. The van der Waals surface area contributed by atoms with Crippen LogP contribution in [-0.4, -0.2) is 30.4 Å². The molecule has 0 fully saturated rings. The van der Waals surface area contributed by atoms with Gasteiger partial charge in [0.1, 0.15) is 0 Å². The van der Waals surface area contributed by atoms with Gasteiger partial charge in [0.2, 0.25) is 0 Å². The highest BCUT2D eigenvalue weighted by Crippen LogP contribution is 2.21. The lowest BCUT2D eigenvalue weighted by molar-refractivity contribution is -0.133. The number of esters is 1. The standard InChI is InChI=1S/C17H20N2O3/c1-11(16(21)22-5)12-8-6-7-9-13(12)15(20)14(10-18)19-17(2,3)4/h6-9,14,19H,1H2,2-5H3. The van der Waals surface area contributed by atoms with E-state index in [2.05, 4.69) is 16.6 Å². The fourth-order valence-corrected chi connectivity index (χ4v) is 1.94. The molecule has 0 saturated heterocycles. The van der Waals surface area contributed by atoms with Gasteiger partial charge in [-0.2, -0.15) is 5.26 Å². The number of rotatable bonds is 5. The number of benzene rings is 1. The van der Waals surface area contributed by atoms with Gasteiger partial charge < -0.3 is 4.74 Å². The second-order valence-electron chi connectivity index (χ2n) is 5.84. The van der Waals surface area contributed by atoms with Crippen molar-refractivity contribution < 1.29 is 14.3 Å². The van der Waals surface area contributed by atoms with Gasteiger partial charge in [0.05, 0.1) is 18.8 Å². The van der Waals surface area contributed by atoms with Crippen LogP contribution in [0, 0.1) is 11.3 Å². The van der Waals surface area contributed by atoms with Crippen molar-refractivity contribution in [2.45, 2.75) is 32.4 Å². The molecule has 0 saturated carbocycles. The number of ketones is 1. The van der Waals surface area contributed by atoms with Crippen LogP contribution >= 0.6 is 0 Å². The Labute approximate surface area is 130 Å². The van der Waals surface area contributed by atoms with Gasteiger partial charge in [0, 0.05) is 11.1 Å². The van der Waals surface area contributed by atoms with E-state index in [0.717, 1.165) is 0 Å². The van der Waals surface area contributed by atoms with E-state index in [0.29, 0.717) is 5.56 Å². The van der Waals surface area contributed by atoms with Crippen molar-refractivity contribution >= 4 is 17.3 Å². The first-order chi connectivity index (χ1) is 10.2. The van der Waals surface area contributed by atoms with Crippen LogP contribution in [0.1, 0.15) is 36.7 Å². The average molecular weight is 300 g/mol. The van der Waals surface area contributed by atoms with Crippen molar-refractivity contribution in [1.29, 1.82) is 5.26 Å². The Bertz CT molecular complexity index is 636. The van der Waals surface area contributed by atoms with Crippen molar-refractivity contribution in [1.82, 2.24) is 5.32 Å². The molecular weight excluding hydrogens is 280 g/mol. The van der Waals surface area contributed by atoms with Gasteiger partial charge in [-0.25, -0.2) is 4.79 Å². The third-order valence-electron chi connectivity index (χ3n) is 2.92. The Morgan fingerprint density at radius 3 is 2.27 bits per heavy atom. The van der Waals surface area contributed by atoms with E-state index in [4.69, 9.17) is 0 Å². The minimum absolute atomic E-state index is 0.0823. The molecule has 116 valence electrons. The average Bonchev–Trinajstić information content (AvgIpc) is 2.49. The fraction of sp³-hybridized carbons (Fsp3) is 0.353. The van der Waals surface area contributed by atoms with Crippen molar-refractivity contribution in [3.05, 3.63) is 42.0 Å². The smallest absolute Gasteiger partial charge is 0.337 e. The van der Waals surface area contributed by atoms with E-state index >= 15 is 0 Å². The summed E-state index contributed by atoms with van der Waals surface area (Å²) in [4.78, 5) is 24.3. The molecule has 0 aromatic heterocycles. The Hall–Kier alpha value is -2.45. The van der Waals surface area contributed by atoms with E-state index in [1.807, 2.05) is 26.8 Å². The summed E-state index contributed by atoms with van der Waals surface area (Å²) in [5.41, 5.74) is 0.320. The van der Waals surface area contributed by atoms with Gasteiger partial charge in [-0.15, -0.1) is 0 Å². The normalized spacial score (nSPS) is 12.1. The molecule has 0 aliphatic carbocycles. The maximum absolute atomic E-state index is 12.6. The van der Waals surface area contributed by atoms with Gasteiger partial charge >= 0.3 is 5.97 Å².